The van der Waals surface area contributed by atoms with Gasteiger partial charge in [-0.3, -0.25) is 4.98 Å². The summed E-state index contributed by atoms with van der Waals surface area (Å²) in [6.45, 7) is 0. The Labute approximate surface area is 225 Å². The lowest BCUT2D eigenvalue weighted by atomic mass is 10.1. The molecule has 0 saturated heterocycles. The van der Waals surface area contributed by atoms with Crippen molar-refractivity contribution in [2.24, 2.45) is 0 Å². The molecule has 4 aromatic carbocycles. The molecule has 188 valence electrons. The molecule has 3 heterocycles. The van der Waals surface area contributed by atoms with E-state index >= 15 is 0 Å². The first-order valence-electron chi connectivity index (χ1n) is 12.5. The van der Waals surface area contributed by atoms with Crippen molar-refractivity contribution in [1.82, 2.24) is 19.3 Å². The van der Waals surface area contributed by atoms with Gasteiger partial charge >= 0.3 is 0 Å². The maximum Gasteiger partial charge on any atom is 0.206 e. The highest BCUT2D eigenvalue weighted by atomic mass is 32.2. The quantitative estimate of drug-likeness (QED) is 0.246. The van der Waals surface area contributed by atoms with E-state index in [-0.39, 0.29) is 9.79 Å². The monoisotopic (exact) mass is 526 g/mol. The van der Waals surface area contributed by atoms with Crippen LogP contribution in [0.25, 0.3) is 44.4 Å². The summed E-state index contributed by atoms with van der Waals surface area (Å²) < 4.78 is 31.2. The van der Waals surface area contributed by atoms with Gasteiger partial charge < -0.3 is 4.57 Å². The van der Waals surface area contributed by atoms with Crippen LogP contribution in [0.15, 0.2) is 144 Å². The Kier molecular flexibility index (Phi) is 5.38. The first kappa shape index (κ1) is 23.1. The van der Waals surface area contributed by atoms with E-state index in [0.717, 1.165) is 28.0 Å². The summed E-state index contributed by atoms with van der Waals surface area (Å²) in [5.74, 6) is 0. The molecule has 6 nitrogen and oxygen atoms in total. The number of rotatable bonds is 5. The van der Waals surface area contributed by atoms with Crippen molar-refractivity contribution in [1.29, 1.82) is 0 Å². The molecule has 0 aliphatic heterocycles. The molecule has 0 fully saturated rings. The van der Waals surface area contributed by atoms with E-state index < -0.39 is 9.84 Å². The number of para-hydroxylation sites is 2. The molecular formula is C32H22N4O2S. The predicted molar refractivity (Wildman–Crippen MR) is 153 cm³/mol. The number of benzene rings is 4. The van der Waals surface area contributed by atoms with Crippen molar-refractivity contribution in [3.05, 3.63) is 134 Å². The average Bonchev–Trinajstić information content (AvgIpc) is 3.61. The molecule has 0 atom stereocenters. The van der Waals surface area contributed by atoms with Crippen LogP contribution < -0.4 is 0 Å². The number of pyridine rings is 1. The molecule has 7 rings (SSSR count). The van der Waals surface area contributed by atoms with E-state index in [1.165, 1.54) is 10.8 Å². The summed E-state index contributed by atoms with van der Waals surface area (Å²) in [5, 5.41) is 6.94. The third-order valence-electron chi connectivity index (χ3n) is 6.90. The fraction of sp³-hybridized carbons (Fsp3) is 0. The second-order valence-corrected chi connectivity index (χ2v) is 11.2. The summed E-state index contributed by atoms with van der Waals surface area (Å²) >= 11 is 0. The van der Waals surface area contributed by atoms with E-state index in [9.17, 15) is 8.42 Å². The van der Waals surface area contributed by atoms with Crippen LogP contribution in [-0.2, 0) is 9.84 Å². The summed E-state index contributed by atoms with van der Waals surface area (Å²) in [5.41, 5.74) is 5.19. The van der Waals surface area contributed by atoms with Crippen LogP contribution in [0.1, 0.15) is 0 Å². The molecule has 7 heteroatoms. The van der Waals surface area contributed by atoms with Crippen LogP contribution in [-0.4, -0.2) is 27.7 Å². The van der Waals surface area contributed by atoms with E-state index in [1.54, 1.807) is 53.5 Å². The Hall–Kier alpha value is -5.01. The van der Waals surface area contributed by atoms with Gasteiger partial charge in [-0.2, -0.15) is 5.10 Å². The second kappa shape index (κ2) is 9.08. The van der Waals surface area contributed by atoms with Gasteiger partial charge in [-0.1, -0.05) is 60.7 Å². The van der Waals surface area contributed by atoms with Gasteiger partial charge in [0, 0.05) is 22.5 Å². The molecule has 0 aliphatic carbocycles. The fourth-order valence-corrected chi connectivity index (χ4v) is 6.40. The highest BCUT2D eigenvalue weighted by Gasteiger charge is 2.20. The number of hydrogen-bond acceptors (Lipinski definition) is 4. The number of nitrogens with zero attached hydrogens (tertiary/aromatic N) is 4. The van der Waals surface area contributed by atoms with Gasteiger partial charge in [-0.15, -0.1) is 0 Å². The van der Waals surface area contributed by atoms with E-state index in [2.05, 4.69) is 38.9 Å². The largest absolute Gasteiger partial charge is 0.306 e. The Bertz CT molecular complexity index is 2040. The van der Waals surface area contributed by atoms with Crippen LogP contribution >= 0.6 is 0 Å². The molecule has 39 heavy (non-hydrogen) atoms. The van der Waals surface area contributed by atoms with Crippen molar-refractivity contribution in [2.75, 3.05) is 0 Å². The molecular weight excluding hydrogens is 504 g/mol. The Morgan fingerprint density at radius 3 is 2.00 bits per heavy atom. The molecule has 0 saturated carbocycles. The predicted octanol–water partition coefficient (Wildman–Crippen LogP) is 6.86. The maximum atomic E-state index is 13.6. The lowest BCUT2D eigenvalue weighted by Crippen LogP contribution is -2.04. The van der Waals surface area contributed by atoms with Crippen molar-refractivity contribution >= 4 is 31.6 Å². The smallest absolute Gasteiger partial charge is 0.206 e. The third kappa shape index (κ3) is 3.91. The van der Waals surface area contributed by atoms with Gasteiger partial charge in [0.05, 0.1) is 50.3 Å². The zero-order valence-electron chi connectivity index (χ0n) is 20.7. The average molecular weight is 527 g/mol. The topological polar surface area (TPSA) is 69.8 Å². The van der Waals surface area contributed by atoms with Crippen LogP contribution in [0.5, 0.6) is 0 Å². The van der Waals surface area contributed by atoms with Crippen molar-refractivity contribution in [2.45, 2.75) is 9.79 Å². The van der Waals surface area contributed by atoms with Gasteiger partial charge in [0.1, 0.15) is 0 Å². The van der Waals surface area contributed by atoms with Gasteiger partial charge in [-0.05, 0) is 54.6 Å². The van der Waals surface area contributed by atoms with Crippen molar-refractivity contribution in [3.8, 4) is 22.6 Å². The highest BCUT2D eigenvalue weighted by Crippen LogP contribution is 2.32. The van der Waals surface area contributed by atoms with E-state index in [1.807, 2.05) is 60.8 Å². The lowest BCUT2D eigenvalue weighted by Gasteiger charge is -2.09. The van der Waals surface area contributed by atoms with Crippen LogP contribution in [0.3, 0.4) is 0 Å². The minimum Gasteiger partial charge on any atom is -0.306 e. The van der Waals surface area contributed by atoms with Crippen molar-refractivity contribution in [3.63, 3.8) is 0 Å². The highest BCUT2D eigenvalue weighted by molar-refractivity contribution is 7.91. The summed E-state index contributed by atoms with van der Waals surface area (Å²) in [4.78, 5) is 4.77. The second-order valence-electron chi connectivity index (χ2n) is 9.26. The molecule has 0 N–H and O–H groups in total. The Morgan fingerprint density at radius 2 is 1.28 bits per heavy atom. The Morgan fingerprint density at radius 1 is 0.615 bits per heavy atom. The van der Waals surface area contributed by atoms with Crippen LogP contribution in [0.4, 0.5) is 0 Å². The minimum atomic E-state index is -3.77. The molecule has 0 aliphatic rings. The SMILES string of the molecule is O=S(=O)(c1cccc(-c2ccccn2)c1)c1cccc(-n2cc(-n3c4ccccc4c4ccccc43)cn2)c1. The van der Waals surface area contributed by atoms with E-state index in [0.29, 0.717) is 5.69 Å². The number of fused-ring (bicyclic) bond motifs is 3. The molecule has 0 bridgehead atoms. The number of aromatic nitrogens is 4. The zero-order valence-corrected chi connectivity index (χ0v) is 21.5. The maximum absolute atomic E-state index is 13.6. The summed E-state index contributed by atoms with van der Waals surface area (Å²) in [6.07, 6.45) is 5.42. The molecule has 7 aromatic rings. The third-order valence-corrected chi connectivity index (χ3v) is 8.65. The summed E-state index contributed by atoms with van der Waals surface area (Å²) in [6, 6.07) is 35.9. The van der Waals surface area contributed by atoms with Crippen LogP contribution in [0, 0.1) is 0 Å². The standard InChI is InChI=1S/C32H22N4O2S/c37-39(38,26-11-7-9-23(19-26)30-15-5-6-18-33-30)27-12-8-10-24(20-27)35-22-25(21-34-35)36-31-16-3-1-13-28(31)29-14-2-4-17-32(29)36/h1-22H. The lowest BCUT2D eigenvalue weighted by molar-refractivity contribution is 0.596. The molecule has 0 radical (unpaired) electrons. The van der Waals surface area contributed by atoms with Gasteiger partial charge in [0.2, 0.25) is 9.84 Å². The van der Waals surface area contributed by atoms with Crippen LogP contribution in [0.2, 0.25) is 0 Å². The number of hydrogen-bond donors (Lipinski definition) is 0. The molecule has 0 amide bonds. The molecule has 3 aromatic heterocycles. The first-order chi connectivity index (χ1) is 19.1. The first-order valence-corrected chi connectivity index (χ1v) is 14.0. The fourth-order valence-electron chi connectivity index (χ4n) is 5.06. The normalized spacial score (nSPS) is 11.8. The minimum absolute atomic E-state index is 0.201. The van der Waals surface area contributed by atoms with Crippen molar-refractivity contribution < 1.29 is 8.42 Å². The van der Waals surface area contributed by atoms with Gasteiger partial charge in [-0.25, -0.2) is 13.1 Å². The Balaban J connectivity index is 1.28. The zero-order chi connectivity index (χ0) is 26.4. The van der Waals surface area contributed by atoms with Gasteiger partial charge in [0.15, 0.2) is 0 Å². The number of sulfone groups is 1. The van der Waals surface area contributed by atoms with Gasteiger partial charge in [0.25, 0.3) is 0 Å². The molecule has 0 unspecified atom stereocenters. The van der Waals surface area contributed by atoms with E-state index in [4.69, 9.17) is 0 Å². The molecule has 0 spiro atoms. The summed E-state index contributed by atoms with van der Waals surface area (Å²) in [7, 11) is -3.77.